The number of nitrogens with zero attached hydrogens (tertiary/aromatic N) is 3. The van der Waals surface area contributed by atoms with Crippen molar-refractivity contribution >= 4 is 11.6 Å². The summed E-state index contributed by atoms with van der Waals surface area (Å²) in [6.45, 7) is 1.97. The number of benzene rings is 1. The molecule has 0 spiro atoms. The van der Waals surface area contributed by atoms with Gasteiger partial charge in [0.15, 0.2) is 0 Å². The molecule has 0 aliphatic heterocycles. The molecule has 4 heteroatoms. The third-order valence-electron chi connectivity index (χ3n) is 4.82. The number of hydrogen-bond donors (Lipinski definition) is 0. The third-order valence-corrected chi connectivity index (χ3v) is 5.15. The first-order valence-corrected chi connectivity index (χ1v) is 9.37. The summed E-state index contributed by atoms with van der Waals surface area (Å²) in [4.78, 5) is 9.01. The Labute approximate surface area is 159 Å². The molecular formula is C22H20ClN3. The Morgan fingerprint density at radius 2 is 1.96 bits per heavy atom. The molecule has 1 fully saturated rings. The Morgan fingerprint density at radius 3 is 2.77 bits per heavy atom. The van der Waals surface area contributed by atoms with Gasteiger partial charge in [0.2, 0.25) is 0 Å². The summed E-state index contributed by atoms with van der Waals surface area (Å²) in [5, 5.41) is 0.703. The van der Waals surface area contributed by atoms with Gasteiger partial charge in [0.05, 0.1) is 5.02 Å². The van der Waals surface area contributed by atoms with Gasteiger partial charge in [-0.05, 0) is 56.0 Å². The molecule has 0 saturated heterocycles. The van der Waals surface area contributed by atoms with E-state index in [1.807, 2.05) is 49.5 Å². The molecule has 2 heterocycles. The molecule has 0 bridgehead atoms. The molecule has 3 nitrogen and oxygen atoms in total. The van der Waals surface area contributed by atoms with Gasteiger partial charge in [-0.1, -0.05) is 36.4 Å². The first-order valence-electron chi connectivity index (χ1n) is 8.99. The van der Waals surface area contributed by atoms with Crippen molar-refractivity contribution in [1.29, 1.82) is 0 Å². The normalized spacial score (nSPS) is 14.2. The molecule has 26 heavy (non-hydrogen) atoms. The lowest BCUT2D eigenvalue weighted by molar-refractivity contribution is 0.523. The molecule has 2 aromatic heterocycles. The quantitative estimate of drug-likeness (QED) is 0.570. The molecule has 0 unspecified atom stereocenters. The summed E-state index contributed by atoms with van der Waals surface area (Å²) in [6, 6.07) is 12.2. The second-order valence-corrected chi connectivity index (χ2v) is 7.11. The van der Waals surface area contributed by atoms with Crippen molar-refractivity contribution in [3.63, 3.8) is 0 Å². The molecule has 0 atom stereocenters. The van der Waals surface area contributed by atoms with Gasteiger partial charge in [0, 0.05) is 35.3 Å². The molecule has 0 amide bonds. The van der Waals surface area contributed by atoms with Crippen LogP contribution >= 0.6 is 11.6 Å². The number of hydrogen-bond acceptors (Lipinski definition) is 2. The van der Waals surface area contributed by atoms with Crippen LogP contribution < -0.4 is 0 Å². The van der Waals surface area contributed by atoms with Crippen molar-refractivity contribution in [2.45, 2.75) is 38.6 Å². The third kappa shape index (κ3) is 3.52. The number of imidazole rings is 1. The molecule has 1 aliphatic carbocycles. The standard InChI is InChI=1S/C22H20ClN3/c1-16-5-4-6-18(25-16)11-9-17-10-12-21(23)20(15-17)22-24-13-14-26(22)19-7-2-3-8-19/h4-6,10,12-15,19H,2-3,7-8H2,1H3. The maximum atomic E-state index is 6.49. The maximum Gasteiger partial charge on any atom is 0.141 e. The van der Waals surface area contributed by atoms with Gasteiger partial charge >= 0.3 is 0 Å². The van der Waals surface area contributed by atoms with Crippen LogP contribution in [0.15, 0.2) is 48.8 Å². The van der Waals surface area contributed by atoms with Crippen molar-refractivity contribution < 1.29 is 0 Å². The monoisotopic (exact) mass is 361 g/mol. The largest absolute Gasteiger partial charge is 0.328 e. The zero-order valence-corrected chi connectivity index (χ0v) is 15.5. The smallest absolute Gasteiger partial charge is 0.141 e. The van der Waals surface area contributed by atoms with Crippen LogP contribution in [0.3, 0.4) is 0 Å². The Kier molecular flexibility index (Phi) is 4.77. The van der Waals surface area contributed by atoms with E-state index in [0.29, 0.717) is 11.1 Å². The first-order chi connectivity index (χ1) is 12.7. The lowest BCUT2D eigenvalue weighted by atomic mass is 10.1. The highest BCUT2D eigenvalue weighted by Crippen LogP contribution is 2.35. The van der Waals surface area contributed by atoms with Gasteiger partial charge in [-0.2, -0.15) is 0 Å². The van der Waals surface area contributed by atoms with Gasteiger partial charge in [-0.3, -0.25) is 0 Å². The Bertz CT molecular complexity index is 988. The van der Waals surface area contributed by atoms with E-state index in [1.54, 1.807) is 0 Å². The average molecular weight is 362 g/mol. The van der Waals surface area contributed by atoms with Crippen LogP contribution in [0, 0.1) is 18.8 Å². The van der Waals surface area contributed by atoms with E-state index in [1.165, 1.54) is 25.7 Å². The van der Waals surface area contributed by atoms with Crippen molar-refractivity contribution in [3.8, 4) is 23.2 Å². The van der Waals surface area contributed by atoms with Crippen molar-refractivity contribution in [3.05, 3.63) is 70.8 Å². The van der Waals surface area contributed by atoms with Crippen LogP contribution in [0.2, 0.25) is 5.02 Å². The van der Waals surface area contributed by atoms with Gasteiger partial charge in [-0.25, -0.2) is 9.97 Å². The molecule has 1 saturated carbocycles. The van der Waals surface area contributed by atoms with Gasteiger partial charge in [-0.15, -0.1) is 0 Å². The van der Waals surface area contributed by atoms with Crippen LogP contribution in [0.5, 0.6) is 0 Å². The molecule has 130 valence electrons. The number of rotatable bonds is 2. The van der Waals surface area contributed by atoms with E-state index in [4.69, 9.17) is 11.6 Å². The SMILES string of the molecule is Cc1cccc(C#Cc2ccc(Cl)c(-c3nccn3C3CCCC3)c2)n1. The molecule has 0 N–H and O–H groups in total. The van der Waals surface area contributed by atoms with E-state index in [9.17, 15) is 0 Å². The zero-order chi connectivity index (χ0) is 17.9. The second-order valence-electron chi connectivity index (χ2n) is 6.71. The molecular weight excluding hydrogens is 342 g/mol. The highest BCUT2D eigenvalue weighted by Gasteiger charge is 2.21. The number of aromatic nitrogens is 3. The molecule has 0 radical (unpaired) electrons. The first kappa shape index (κ1) is 16.9. The van der Waals surface area contributed by atoms with E-state index in [0.717, 1.165) is 28.3 Å². The van der Waals surface area contributed by atoms with Gasteiger partial charge in [0.1, 0.15) is 11.5 Å². The van der Waals surface area contributed by atoms with Gasteiger partial charge in [0.25, 0.3) is 0 Å². The number of aryl methyl sites for hydroxylation is 1. The van der Waals surface area contributed by atoms with Crippen LogP contribution in [-0.2, 0) is 0 Å². The van der Waals surface area contributed by atoms with Crippen molar-refractivity contribution in [1.82, 2.24) is 14.5 Å². The summed E-state index contributed by atoms with van der Waals surface area (Å²) in [5.74, 6) is 7.26. The fourth-order valence-electron chi connectivity index (χ4n) is 3.52. The lowest BCUT2D eigenvalue weighted by Crippen LogP contribution is -2.05. The topological polar surface area (TPSA) is 30.7 Å². The predicted molar refractivity (Wildman–Crippen MR) is 105 cm³/mol. The number of halogens is 1. The fraction of sp³-hybridized carbons (Fsp3) is 0.273. The molecule has 1 aromatic carbocycles. The highest BCUT2D eigenvalue weighted by molar-refractivity contribution is 6.33. The van der Waals surface area contributed by atoms with E-state index < -0.39 is 0 Å². The second kappa shape index (κ2) is 7.35. The number of pyridine rings is 1. The zero-order valence-electron chi connectivity index (χ0n) is 14.7. The molecule has 4 rings (SSSR count). The van der Waals surface area contributed by atoms with Gasteiger partial charge < -0.3 is 4.57 Å². The van der Waals surface area contributed by atoms with E-state index in [-0.39, 0.29) is 0 Å². The van der Waals surface area contributed by atoms with Crippen LogP contribution in [-0.4, -0.2) is 14.5 Å². The fourth-order valence-corrected chi connectivity index (χ4v) is 3.72. The molecule has 3 aromatic rings. The maximum absolute atomic E-state index is 6.49. The van der Waals surface area contributed by atoms with Crippen molar-refractivity contribution in [2.75, 3.05) is 0 Å². The Morgan fingerprint density at radius 1 is 1.12 bits per heavy atom. The Hall–Kier alpha value is -2.57. The summed E-state index contributed by atoms with van der Waals surface area (Å²) < 4.78 is 2.27. The van der Waals surface area contributed by atoms with Crippen LogP contribution in [0.25, 0.3) is 11.4 Å². The van der Waals surface area contributed by atoms with E-state index in [2.05, 4.69) is 32.6 Å². The van der Waals surface area contributed by atoms with E-state index >= 15 is 0 Å². The summed E-state index contributed by atoms with van der Waals surface area (Å²) in [5.41, 5.74) is 3.59. The lowest BCUT2D eigenvalue weighted by Gasteiger charge is -2.15. The minimum Gasteiger partial charge on any atom is -0.328 e. The van der Waals surface area contributed by atoms with Crippen molar-refractivity contribution in [2.24, 2.45) is 0 Å². The predicted octanol–water partition coefficient (Wildman–Crippen LogP) is 5.42. The summed E-state index contributed by atoms with van der Waals surface area (Å²) in [6.07, 6.45) is 8.91. The molecule has 1 aliphatic rings. The minimum absolute atomic E-state index is 0.523. The highest BCUT2D eigenvalue weighted by atomic mass is 35.5. The average Bonchev–Trinajstić information content (AvgIpc) is 3.32. The summed E-state index contributed by atoms with van der Waals surface area (Å²) >= 11 is 6.49. The Balaban J connectivity index is 1.69. The van der Waals surface area contributed by atoms with Crippen LogP contribution in [0.1, 0.15) is 48.7 Å². The minimum atomic E-state index is 0.523. The summed E-state index contributed by atoms with van der Waals surface area (Å²) in [7, 11) is 0. The van der Waals surface area contributed by atoms with Crippen LogP contribution in [0.4, 0.5) is 0 Å².